The van der Waals surface area contributed by atoms with Crippen molar-refractivity contribution in [3.8, 4) is 23.3 Å². The molecule has 1 aliphatic carbocycles. The Morgan fingerprint density at radius 3 is 2.50 bits per heavy atom. The van der Waals surface area contributed by atoms with E-state index in [9.17, 15) is 10.1 Å². The Kier molecular flexibility index (Phi) is 10.5. The second kappa shape index (κ2) is 15.4. The predicted molar refractivity (Wildman–Crippen MR) is 208 cm³/mol. The van der Waals surface area contributed by atoms with Crippen molar-refractivity contribution in [3.05, 3.63) is 89.7 Å². The van der Waals surface area contributed by atoms with E-state index in [0.717, 1.165) is 47.9 Å². The van der Waals surface area contributed by atoms with Crippen LogP contribution in [0.25, 0.3) is 11.3 Å². The van der Waals surface area contributed by atoms with Crippen molar-refractivity contribution in [3.63, 3.8) is 0 Å². The molecular weight excluding hydrogens is 681 g/mol. The summed E-state index contributed by atoms with van der Waals surface area (Å²) >= 11 is 0. The number of likely N-dealkylation sites (N-methyl/N-ethyl adjacent to an activating group) is 1. The molecule has 4 atom stereocenters. The van der Waals surface area contributed by atoms with E-state index in [4.69, 9.17) is 14.6 Å². The van der Waals surface area contributed by atoms with Crippen molar-refractivity contribution in [2.45, 2.75) is 89.4 Å². The van der Waals surface area contributed by atoms with Crippen LogP contribution in [0.4, 0.5) is 16.6 Å². The van der Waals surface area contributed by atoms with Crippen LogP contribution in [-0.4, -0.2) is 74.6 Å². The number of carbonyl (C=O) groups is 1. The fourth-order valence-electron chi connectivity index (χ4n) is 7.50. The highest BCUT2D eigenvalue weighted by atomic mass is 16.5. The normalized spacial score (nSPS) is 20.0. The number of anilines is 2. The van der Waals surface area contributed by atoms with Crippen molar-refractivity contribution >= 4 is 23.4 Å². The number of carbonyl (C=O) groups excluding carboxylic acids is 1. The zero-order chi connectivity index (χ0) is 38.0. The summed E-state index contributed by atoms with van der Waals surface area (Å²) in [7, 11) is 3.99. The van der Waals surface area contributed by atoms with Gasteiger partial charge in [-0.25, -0.2) is 9.48 Å². The fourth-order valence-corrected chi connectivity index (χ4v) is 7.50. The lowest BCUT2D eigenvalue weighted by atomic mass is 9.85. The van der Waals surface area contributed by atoms with Gasteiger partial charge in [0.05, 0.1) is 35.1 Å². The zero-order valence-electron chi connectivity index (χ0n) is 32.0. The molecule has 0 radical (unpaired) electrons. The van der Waals surface area contributed by atoms with Crippen molar-refractivity contribution in [1.82, 2.24) is 34.6 Å². The summed E-state index contributed by atoms with van der Waals surface area (Å²) in [6.07, 6.45) is 6.66. The van der Waals surface area contributed by atoms with Gasteiger partial charge in [-0.15, -0.1) is 10.2 Å². The van der Waals surface area contributed by atoms with E-state index in [1.165, 1.54) is 6.42 Å². The van der Waals surface area contributed by atoms with E-state index in [1.807, 2.05) is 73.2 Å². The van der Waals surface area contributed by atoms with Crippen LogP contribution in [0.3, 0.4) is 0 Å². The molecule has 0 saturated carbocycles. The van der Waals surface area contributed by atoms with Crippen LogP contribution in [0.1, 0.15) is 88.8 Å². The van der Waals surface area contributed by atoms with Gasteiger partial charge in [0, 0.05) is 30.8 Å². The minimum absolute atomic E-state index is 0.197. The second-order valence-corrected chi connectivity index (χ2v) is 15.3. The number of urea groups is 1. The highest BCUT2D eigenvalue weighted by Gasteiger charge is 2.32. The van der Waals surface area contributed by atoms with Crippen LogP contribution in [-0.2, 0) is 5.41 Å². The molecule has 1 fully saturated rings. The summed E-state index contributed by atoms with van der Waals surface area (Å²) in [5.74, 6) is 2.71. The molecule has 5 aromatic rings. The third-order valence-electron chi connectivity index (χ3n) is 10.5. The van der Waals surface area contributed by atoms with Crippen molar-refractivity contribution in [2.75, 3.05) is 37.5 Å². The number of nitriles is 1. The lowest BCUT2D eigenvalue weighted by Gasteiger charge is -2.39. The minimum atomic E-state index is -0.875. The Hall–Kier alpha value is -5.61. The number of rotatable bonds is 11. The van der Waals surface area contributed by atoms with Gasteiger partial charge in [-0.3, -0.25) is 9.72 Å². The molecule has 13 heteroatoms. The van der Waals surface area contributed by atoms with Crippen LogP contribution in [0.15, 0.2) is 72.9 Å². The van der Waals surface area contributed by atoms with E-state index >= 15 is 0 Å². The van der Waals surface area contributed by atoms with Gasteiger partial charge >= 0.3 is 6.03 Å². The molecule has 4 heterocycles. The molecule has 282 valence electrons. The average Bonchev–Trinajstić information content (AvgIpc) is 3.77. The van der Waals surface area contributed by atoms with E-state index in [1.54, 1.807) is 24.6 Å². The number of hydrogen-bond donors (Lipinski definition) is 2. The first-order chi connectivity index (χ1) is 26.0. The van der Waals surface area contributed by atoms with Gasteiger partial charge in [0.1, 0.15) is 30.0 Å². The predicted octanol–water partition coefficient (Wildman–Crippen LogP) is 7.20. The van der Waals surface area contributed by atoms with Gasteiger partial charge in [-0.1, -0.05) is 30.3 Å². The van der Waals surface area contributed by atoms with Crippen LogP contribution in [0.2, 0.25) is 0 Å². The second-order valence-electron chi connectivity index (χ2n) is 15.3. The quantitative estimate of drug-likeness (QED) is 0.145. The lowest BCUT2D eigenvalue weighted by Crippen LogP contribution is -2.44. The number of nitrogens with zero attached hydrogens (tertiary/aromatic N) is 8. The summed E-state index contributed by atoms with van der Waals surface area (Å²) in [5, 5.41) is 29.9. The van der Waals surface area contributed by atoms with Gasteiger partial charge in [0.2, 0.25) is 5.95 Å². The molecule has 3 aromatic heterocycles. The topological polar surface area (TPSA) is 138 Å². The molecule has 0 spiro atoms. The molecular formula is C41H50N10O3. The molecule has 1 saturated heterocycles. The number of pyridine rings is 1. The van der Waals surface area contributed by atoms with Crippen LogP contribution >= 0.6 is 0 Å². The first kappa shape index (κ1) is 36.7. The standard InChI is InChI=1S/C41H50N10O3/c1-27-11-9-12-28(2)50(27)40-46-45-37-20-17-31(25-49(37)40)54-35-19-18-34(32-15-7-8-16-33(32)35)43-39(52)44-38-24-36(41(3,4)26-42)47-51(38)29-13-10-14-30(23-29)53-22-21-48(5)6/h7-8,10,13-17,20,23-25,27-28,34-35H,9,11-12,18-19,21-22H2,1-6H3,(H2,43,44,52). The Bertz CT molecular complexity index is 2140. The summed E-state index contributed by atoms with van der Waals surface area (Å²) in [5.41, 5.74) is 3.19. The highest BCUT2D eigenvalue weighted by Crippen LogP contribution is 2.39. The summed E-state index contributed by atoms with van der Waals surface area (Å²) in [6.45, 7) is 9.42. The molecule has 4 unspecified atom stereocenters. The van der Waals surface area contributed by atoms with Gasteiger partial charge in [-0.2, -0.15) is 10.4 Å². The van der Waals surface area contributed by atoms with Gasteiger partial charge < -0.3 is 24.6 Å². The molecule has 0 bridgehead atoms. The SMILES string of the molecule is CC1CCCC(C)N1c1nnc2ccc(OC3CCC(NC(=O)Nc4cc(C(C)(C)C#N)nn4-c4cccc(OCCN(C)C)c4)c4ccccc43)cn12. The maximum Gasteiger partial charge on any atom is 0.320 e. The summed E-state index contributed by atoms with van der Waals surface area (Å²) in [4.78, 5) is 18.2. The average molecular weight is 731 g/mol. The first-order valence-electron chi connectivity index (χ1n) is 18.9. The first-order valence-corrected chi connectivity index (χ1v) is 18.9. The van der Waals surface area contributed by atoms with E-state index in [0.29, 0.717) is 54.5 Å². The Morgan fingerprint density at radius 1 is 0.963 bits per heavy atom. The molecule has 2 aromatic carbocycles. The monoisotopic (exact) mass is 730 g/mol. The number of hydrogen-bond acceptors (Lipinski definition) is 9. The van der Waals surface area contributed by atoms with Gasteiger partial charge in [0.25, 0.3) is 0 Å². The summed E-state index contributed by atoms with van der Waals surface area (Å²) in [6, 6.07) is 23.8. The van der Waals surface area contributed by atoms with E-state index in [2.05, 4.69) is 62.7 Å². The Labute approximate surface area is 316 Å². The van der Waals surface area contributed by atoms with Crippen molar-refractivity contribution in [1.29, 1.82) is 5.26 Å². The number of ether oxygens (including phenoxy) is 2. The molecule has 13 nitrogen and oxygen atoms in total. The number of fused-ring (bicyclic) bond motifs is 2. The van der Waals surface area contributed by atoms with Gasteiger partial charge in [0.15, 0.2) is 5.65 Å². The Balaban J connectivity index is 1.08. The number of amides is 2. The third kappa shape index (κ3) is 7.70. The molecule has 2 aliphatic rings. The number of benzene rings is 2. The van der Waals surface area contributed by atoms with Crippen LogP contribution in [0.5, 0.6) is 11.5 Å². The van der Waals surface area contributed by atoms with E-state index < -0.39 is 5.41 Å². The molecule has 7 rings (SSSR count). The lowest BCUT2D eigenvalue weighted by molar-refractivity contribution is 0.171. The number of piperidine rings is 1. The molecule has 1 aliphatic heterocycles. The van der Waals surface area contributed by atoms with Crippen LogP contribution in [0, 0.1) is 11.3 Å². The number of nitrogens with one attached hydrogen (secondary N) is 2. The zero-order valence-corrected chi connectivity index (χ0v) is 32.0. The number of aromatic nitrogens is 5. The summed E-state index contributed by atoms with van der Waals surface area (Å²) < 4.78 is 16.4. The molecule has 2 N–H and O–H groups in total. The smallest absolute Gasteiger partial charge is 0.320 e. The highest BCUT2D eigenvalue weighted by molar-refractivity contribution is 5.89. The van der Waals surface area contributed by atoms with E-state index in [-0.39, 0.29) is 18.2 Å². The maximum atomic E-state index is 13.7. The fraction of sp³-hybridized carbons (Fsp3) is 0.439. The van der Waals surface area contributed by atoms with Crippen LogP contribution < -0.4 is 25.0 Å². The minimum Gasteiger partial charge on any atom is -0.492 e. The maximum absolute atomic E-state index is 13.7. The van der Waals surface area contributed by atoms with Crippen molar-refractivity contribution in [2.24, 2.45) is 0 Å². The molecule has 2 amide bonds. The largest absolute Gasteiger partial charge is 0.492 e. The Morgan fingerprint density at radius 2 is 1.74 bits per heavy atom. The van der Waals surface area contributed by atoms with Crippen molar-refractivity contribution < 1.29 is 14.3 Å². The van der Waals surface area contributed by atoms with Gasteiger partial charge in [-0.05, 0) is 109 Å². The third-order valence-corrected chi connectivity index (χ3v) is 10.5. The molecule has 54 heavy (non-hydrogen) atoms.